The van der Waals surface area contributed by atoms with E-state index in [9.17, 15) is 9.59 Å². The molecular weight excluding hydrogens is 328 g/mol. The fraction of sp³-hybridized carbons (Fsp3) is 0.333. The molecule has 1 aliphatic heterocycles. The van der Waals surface area contributed by atoms with Crippen molar-refractivity contribution in [2.24, 2.45) is 5.73 Å². The first-order chi connectivity index (χ1) is 12.7. The Hall–Kier alpha value is -2.66. The molecule has 136 valence electrons. The van der Waals surface area contributed by atoms with E-state index in [1.807, 2.05) is 23.1 Å². The van der Waals surface area contributed by atoms with E-state index < -0.39 is 0 Å². The van der Waals surface area contributed by atoms with E-state index >= 15 is 0 Å². The van der Waals surface area contributed by atoms with Gasteiger partial charge in [0.05, 0.1) is 0 Å². The fourth-order valence-electron chi connectivity index (χ4n) is 3.26. The maximum absolute atomic E-state index is 12.4. The van der Waals surface area contributed by atoms with Crippen molar-refractivity contribution >= 4 is 11.7 Å². The van der Waals surface area contributed by atoms with Crippen molar-refractivity contribution in [3.8, 4) is 5.75 Å². The van der Waals surface area contributed by atoms with E-state index in [4.69, 9.17) is 10.5 Å². The number of ether oxygens (including phenoxy) is 1. The van der Waals surface area contributed by atoms with E-state index in [2.05, 4.69) is 0 Å². The monoisotopic (exact) mass is 352 g/mol. The molecule has 0 aromatic heterocycles. The third kappa shape index (κ3) is 4.29. The lowest BCUT2D eigenvalue weighted by Crippen LogP contribution is -2.49. The van der Waals surface area contributed by atoms with Gasteiger partial charge in [-0.05, 0) is 43.5 Å². The smallest absolute Gasteiger partial charge is 0.260 e. The van der Waals surface area contributed by atoms with Crippen LogP contribution in [0, 0.1) is 0 Å². The van der Waals surface area contributed by atoms with Gasteiger partial charge in [-0.25, -0.2) is 0 Å². The zero-order valence-electron chi connectivity index (χ0n) is 14.8. The topological polar surface area (TPSA) is 72.6 Å². The van der Waals surface area contributed by atoms with Crippen LogP contribution in [0.2, 0.25) is 0 Å². The minimum atomic E-state index is -0.0374. The Balaban J connectivity index is 1.57. The van der Waals surface area contributed by atoms with Gasteiger partial charge < -0.3 is 15.4 Å². The molecule has 1 saturated heterocycles. The fourth-order valence-corrected chi connectivity index (χ4v) is 3.26. The van der Waals surface area contributed by atoms with Crippen LogP contribution >= 0.6 is 0 Å². The summed E-state index contributed by atoms with van der Waals surface area (Å²) in [4.78, 5) is 26.6. The Kier molecular flexibility index (Phi) is 6.02. The molecule has 0 saturated carbocycles. The molecule has 1 atom stereocenters. The maximum Gasteiger partial charge on any atom is 0.260 e. The van der Waals surface area contributed by atoms with Crippen molar-refractivity contribution in [1.82, 2.24) is 4.90 Å². The molecule has 0 spiro atoms. The minimum absolute atomic E-state index is 0.0114. The van der Waals surface area contributed by atoms with Gasteiger partial charge in [0.15, 0.2) is 12.4 Å². The molecular formula is C21H24N2O3. The predicted octanol–water partition coefficient (Wildman–Crippen LogP) is 2.64. The number of hydrogen-bond acceptors (Lipinski definition) is 4. The molecule has 0 bridgehead atoms. The van der Waals surface area contributed by atoms with Crippen molar-refractivity contribution < 1.29 is 14.3 Å². The lowest BCUT2D eigenvalue weighted by molar-refractivity contribution is -0.136. The molecule has 2 aromatic carbocycles. The SMILES string of the molecule is NCC1CCCCN1C(=O)COc1ccc(C(=O)c2ccccc2)cc1. The zero-order chi connectivity index (χ0) is 18.4. The summed E-state index contributed by atoms with van der Waals surface area (Å²) in [5, 5.41) is 0. The van der Waals surface area contributed by atoms with Crippen molar-refractivity contribution in [3.05, 3.63) is 65.7 Å². The minimum Gasteiger partial charge on any atom is -0.484 e. The van der Waals surface area contributed by atoms with Crippen LogP contribution in [0.1, 0.15) is 35.2 Å². The maximum atomic E-state index is 12.4. The molecule has 3 rings (SSSR count). The highest BCUT2D eigenvalue weighted by Gasteiger charge is 2.25. The zero-order valence-corrected chi connectivity index (χ0v) is 14.8. The Morgan fingerprint density at radius 1 is 1.00 bits per heavy atom. The van der Waals surface area contributed by atoms with Gasteiger partial charge in [0, 0.05) is 30.3 Å². The number of carbonyl (C=O) groups excluding carboxylic acids is 2. The van der Waals surface area contributed by atoms with Gasteiger partial charge in [0.2, 0.25) is 0 Å². The Labute approximate surface area is 153 Å². The second kappa shape index (κ2) is 8.63. The Morgan fingerprint density at radius 3 is 2.38 bits per heavy atom. The highest BCUT2D eigenvalue weighted by atomic mass is 16.5. The highest BCUT2D eigenvalue weighted by Crippen LogP contribution is 2.18. The second-order valence-electron chi connectivity index (χ2n) is 6.48. The van der Waals surface area contributed by atoms with Crippen LogP contribution in [0.3, 0.4) is 0 Å². The summed E-state index contributed by atoms with van der Waals surface area (Å²) in [6, 6.07) is 16.1. The Bertz CT molecular complexity index is 744. The van der Waals surface area contributed by atoms with Gasteiger partial charge in [-0.3, -0.25) is 9.59 Å². The number of nitrogens with zero attached hydrogens (tertiary/aromatic N) is 1. The molecule has 1 heterocycles. The van der Waals surface area contributed by atoms with Crippen LogP contribution in [0.15, 0.2) is 54.6 Å². The van der Waals surface area contributed by atoms with E-state index in [1.165, 1.54) is 0 Å². The molecule has 1 unspecified atom stereocenters. The molecule has 1 fully saturated rings. The van der Waals surface area contributed by atoms with Gasteiger partial charge in [-0.1, -0.05) is 30.3 Å². The van der Waals surface area contributed by atoms with Crippen LogP contribution in [0.25, 0.3) is 0 Å². The van der Waals surface area contributed by atoms with Crippen LogP contribution in [-0.4, -0.2) is 42.3 Å². The van der Waals surface area contributed by atoms with Gasteiger partial charge in [-0.2, -0.15) is 0 Å². The summed E-state index contributed by atoms with van der Waals surface area (Å²) in [6.45, 7) is 1.22. The summed E-state index contributed by atoms with van der Waals surface area (Å²) in [6.07, 6.45) is 3.08. The van der Waals surface area contributed by atoms with Crippen LogP contribution in [0.5, 0.6) is 5.75 Å². The first-order valence-electron chi connectivity index (χ1n) is 9.01. The summed E-state index contributed by atoms with van der Waals surface area (Å²) < 4.78 is 5.61. The molecule has 5 heteroatoms. The lowest BCUT2D eigenvalue weighted by atomic mass is 10.0. The van der Waals surface area contributed by atoms with Crippen molar-refractivity contribution in [2.75, 3.05) is 19.7 Å². The molecule has 1 amide bonds. The summed E-state index contributed by atoms with van der Waals surface area (Å²) in [5.41, 5.74) is 7.00. The average Bonchev–Trinajstić information content (AvgIpc) is 2.72. The number of ketones is 1. The number of rotatable bonds is 6. The number of piperidine rings is 1. The summed E-state index contributed by atoms with van der Waals surface area (Å²) >= 11 is 0. The Morgan fingerprint density at radius 2 is 1.69 bits per heavy atom. The van der Waals surface area contributed by atoms with Crippen molar-refractivity contribution in [2.45, 2.75) is 25.3 Å². The summed E-state index contributed by atoms with van der Waals surface area (Å²) in [5.74, 6) is 0.501. The average molecular weight is 352 g/mol. The summed E-state index contributed by atoms with van der Waals surface area (Å²) in [7, 11) is 0. The molecule has 26 heavy (non-hydrogen) atoms. The standard InChI is InChI=1S/C21H24N2O3/c22-14-18-8-4-5-13-23(18)20(24)15-26-19-11-9-17(10-12-19)21(25)16-6-2-1-3-7-16/h1-3,6-7,9-12,18H,4-5,8,13-15,22H2. The van der Waals surface area contributed by atoms with Gasteiger partial charge >= 0.3 is 0 Å². The van der Waals surface area contributed by atoms with Crippen LogP contribution < -0.4 is 10.5 Å². The molecule has 2 N–H and O–H groups in total. The number of hydrogen-bond donors (Lipinski definition) is 1. The molecule has 2 aromatic rings. The molecule has 1 aliphatic rings. The number of benzene rings is 2. The molecule has 0 radical (unpaired) electrons. The normalized spacial score (nSPS) is 17.0. The quantitative estimate of drug-likeness (QED) is 0.811. The van der Waals surface area contributed by atoms with Crippen molar-refractivity contribution in [1.29, 1.82) is 0 Å². The third-order valence-electron chi connectivity index (χ3n) is 4.73. The number of nitrogens with two attached hydrogens (primary N) is 1. The third-order valence-corrected chi connectivity index (χ3v) is 4.73. The van der Waals surface area contributed by atoms with Crippen LogP contribution in [0.4, 0.5) is 0 Å². The van der Waals surface area contributed by atoms with Crippen LogP contribution in [-0.2, 0) is 4.79 Å². The first kappa shape index (κ1) is 18.1. The lowest BCUT2D eigenvalue weighted by Gasteiger charge is -2.34. The van der Waals surface area contributed by atoms with Gasteiger partial charge in [0.1, 0.15) is 5.75 Å². The molecule has 5 nitrogen and oxygen atoms in total. The number of amides is 1. The number of likely N-dealkylation sites (tertiary alicyclic amines) is 1. The van der Waals surface area contributed by atoms with Gasteiger partial charge in [-0.15, -0.1) is 0 Å². The molecule has 0 aliphatic carbocycles. The predicted molar refractivity (Wildman–Crippen MR) is 100 cm³/mol. The van der Waals surface area contributed by atoms with E-state index in [0.717, 1.165) is 25.8 Å². The largest absolute Gasteiger partial charge is 0.484 e. The van der Waals surface area contributed by atoms with E-state index in [0.29, 0.717) is 23.4 Å². The van der Waals surface area contributed by atoms with Gasteiger partial charge in [0.25, 0.3) is 5.91 Å². The van der Waals surface area contributed by atoms with E-state index in [1.54, 1.807) is 36.4 Å². The van der Waals surface area contributed by atoms with E-state index in [-0.39, 0.29) is 24.3 Å². The van der Waals surface area contributed by atoms with Crippen molar-refractivity contribution in [3.63, 3.8) is 0 Å². The second-order valence-corrected chi connectivity index (χ2v) is 6.48. The number of carbonyl (C=O) groups is 2. The highest BCUT2D eigenvalue weighted by molar-refractivity contribution is 6.08. The first-order valence-corrected chi connectivity index (χ1v) is 9.01.